The first-order chi connectivity index (χ1) is 15.7. The molecule has 0 aliphatic carbocycles. The second-order valence-electron chi connectivity index (χ2n) is 9.95. The van der Waals surface area contributed by atoms with Gasteiger partial charge in [0.05, 0.1) is 19.2 Å². The zero-order chi connectivity index (χ0) is 23.9. The lowest BCUT2D eigenvalue weighted by Crippen LogP contribution is -2.75. The van der Waals surface area contributed by atoms with Crippen molar-refractivity contribution in [3.63, 3.8) is 0 Å². The summed E-state index contributed by atoms with van der Waals surface area (Å²) in [6.07, 6.45) is 2.64. The molecule has 3 atom stereocenters. The number of carbonyl (C=O) groups is 4. The Kier molecular flexibility index (Phi) is 6.20. The smallest absolute Gasteiger partial charge is 0.291 e. The average molecular weight is 456 g/mol. The number of nitrogens with zero attached hydrogens (tertiary/aromatic N) is 3. The summed E-state index contributed by atoms with van der Waals surface area (Å²) in [5, 5.41) is 0. The molecule has 8 nitrogen and oxygen atoms in total. The third-order valence-corrected chi connectivity index (χ3v) is 7.61. The Morgan fingerprint density at radius 2 is 1.79 bits per heavy atom. The van der Waals surface area contributed by atoms with E-state index in [9.17, 15) is 19.2 Å². The summed E-state index contributed by atoms with van der Waals surface area (Å²) in [6, 6.07) is 6.35. The number of ether oxygens (including phenoxy) is 1. The van der Waals surface area contributed by atoms with E-state index in [-0.39, 0.29) is 30.4 Å². The molecule has 0 radical (unpaired) electrons. The standard InChI is InChI=1S/C25H33N3O5/c1-5-25(2,3)22(30)24(32)28-18-7-6-8-19(28)23(31)27-15-21(29)26(14-20(18)27)13-16-9-11-17(33-4)12-10-16/h9-12,18-20H,5-8,13-15H2,1-4H3. The van der Waals surface area contributed by atoms with Crippen LogP contribution in [0.5, 0.6) is 5.75 Å². The summed E-state index contributed by atoms with van der Waals surface area (Å²) < 4.78 is 5.20. The summed E-state index contributed by atoms with van der Waals surface area (Å²) in [4.78, 5) is 57.6. The van der Waals surface area contributed by atoms with E-state index in [2.05, 4.69) is 0 Å². The Labute approximate surface area is 194 Å². The summed E-state index contributed by atoms with van der Waals surface area (Å²) in [7, 11) is 1.61. The Bertz CT molecular complexity index is 957. The Morgan fingerprint density at radius 3 is 2.42 bits per heavy atom. The Hall–Kier alpha value is -2.90. The monoisotopic (exact) mass is 455 g/mol. The van der Waals surface area contributed by atoms with Crippen LogP contribution in [0.2, 0.25) is 0 Å². The van der Waals surface area contributed by atoms with Crippen LogP contribution in [0, 0.1) is 5.41 Å². The molecule has 3 aliphatic rings. The number of amides is 3. The first-order valence-corrected chi connectivity index (χ1v) is 11.8. The van der Waals surface area contributed by atoms with Crippen LogP contribution in [0.1, 0.15) is 52.0 Å². The van der Waals surface area contributed by atoms with Gasteiger partial charge in [0, 0.05) is 18.5 Å². The van der Waals surface area contributed by atoms with Crippen LogP contribution in [0.15, 0.2) is 24.3 Å². The van der Waals surface area contributed by atoms with E-state index in [4.69, 9.17) is 4.74 Å². The van der Waals surface area contributed by atoms with Crippen molar-refractivity contribution in [3.05, 3.63) is 29.8 Å². The third kappa shape index (κ3) is 4.11. The zero-order valence-corrected chi connectivity index (χ0v) is 19.9. The fourth-order valence-corrected chi connectivity index (χ4v) is 5.16. The van der Waals surface area contributed by atoms with Crippen molar-refractivity contribution in [1.29, 1.82) is 0 Å². The molecule has 0 spiro atoms. The second-order valence-corrected chi connectivity index (χ2v) is 9.95. The lowest BCUT2D eigenvalue weighted by atomic mass is 9.80. The van der Waals surface area contributed by atoms with Gasteiger partial charge in [-0.15, -0.1) is 0 Å². The number of fused-ring (bicyclic) bond motifs is 4. The Morgan fingerprint density at radius 1 is 1.09 bits per heavy atom. The molecule has 3 saturated heterocycles. The van der Waals surface area contributed by atoms with Gasteiger partial charge in [0.25, 0.3) is 5.91 Å². The van der Waals surface area contributed by atoms with Crippen molar-refractivity contribution >= 4 is 23.5 Å². The van der Waals surface area contributed by atoms with Crippen molar-refractivity contribution < 1.29 is 23.9 Å². The molecular weight excluding hydrogens is 422 g/mol. The molecule has 2 bridgehead atoms. The molecule has 4 rings (SSSR count). The van der Waals surface area contributed by atoms with E-state index in [0.717, 1.165) is 24.2 Å². The highest BCUT2D eigenvalue weighted by Gasteiger charge is 2.54. The molecule has 8 heteroatoms. The second kappa shape index (κ2) is 8.80. The predicted octanol–water partition coefficient (Wildman–Crippen LogP) is 2.00. The van der Waals surface area contributed by atoms with Gasteiger partial charge in [-0.1, -0.05) is 32.9 Å². The van der Waals surface area contributed by atoms with Crippen LogP contribution < -0.4 is 4.74 Å². The van der Waals surface area contributed by atoms with Crippen LogP contribution in [-0.4, -0.2) is 76.5 Å². The molecule has 33 heavy (non-hydrogen) atoms. The van der Waals surface area contributed by atoms with Crippen molar-refractivity contribution in [3.8, 4) is 5.75 Å². The predicted molar refractivity (Wildman–Crippen MR) is 121 cm³/mol. The molecule has 3 fully saturated rings. The summed E-state index contributed by atoms with van der Waals surface area (Å²) in [5.74, 6) is -0.552. The number of piperidine rings is 1. The lowest BCUT2D eigenvalue weighted by molar-refractivity contribution is -0.176. The molecule has 3 heterocycles. The van der Waals surface area contributed by atoms with Crippen LogP contribution in [0.4, 0.5) is 0 Å². The maximum Gasteiger partial charge on any atom is 0.291 e. The molecule has 3 aliphatic heterocycles. The van der Waals surface area contributed by atoms with E-state index in [1.54, 1.807) is 35.7 Å². The fourth-order valence-electron chi connectivity index (χ4n) is 5.16. The van der Waals surface area contributed by atoms with Gasteiger partial charge in [-0.3, -0.25) is 19.2 Å². The first-order valence-electron chi connectivity index (χ1n) is 11.8. The molecule has 3 amide bonds. The molecule has 1 aromatic rings. The van der Waals surface area contributed by atoms with Crippen LogP contribution in [0.25, 0.3) is 0 Å². The number of hydrogen-bond acceptors (Lipinski definition) is 5. The first kappa shape index (κ1) is 23.3. The third-order valence-electron chi connectivity index (χ3n) is 7.61. The minimum absolute atomic E-state index is 0.0169. The van der Waals surface area contributed by atoms with Crippen molar-refractivity contribution in [2.45, 2.75) is 71.1 Å². The van der Waals surface area contributed by atoms with E-state index < -0.39 is 23.1 Å². The minimum Gasteiger partial charge on any atom is -0.497 e. The number of carbonyl (C=O) groups excluding carboxylic acids is 4. The number of ketones is 1. The van der Waals surface area contributed by atoms with Crippen LogP contribution in [-0.2, 0) is 25.7 Å². The number of methoxy groups -OCH3 is 1. The number of piperazine rings is 2. The Balaban J connectivity index is 1.58. The largest absolute Gasteiger partial charge is 0.497 e. The van der Waals surface area contributed by atoms with E-state index in [1.807, 2.05) is 31.2 Å². The van der Waals surface area contributed by atoms with Gasteiger partial charge < -0.3 is 19.4 Å². The van der Waals surface area contributed by atoms with Gasteiger partial charge >= 0.3 is 0 Å². The van der Waals surface area contributed by atoms with Gasteiger partial charge in [-0.25, -0.2) is 0 Å². The molecule has 0 aromatic heterocycles. The normalized spacial score (nSPS) is 25.1. The zero-order valence-electron chi connectivity index (χ0n) is 19.9. The van der Waals surface area contributed by atoms with Crippen LogP contribution >= 0.6 is 0 Å². The summed E-state index contributed by atoms with van der Waals surface area (Å²) in [6.45, 7) is 6.23. The van der Waals surface area contributed by atoms with E-state index in [1.165, 1.54) is 0 Å². The number of benzene rings is 1. The van der Waals surface area contributed by atoms with Crippen molar-refractivity contribution in [2.75, 3.05) is 20.2 Å². The number of Topliss-reactive ketones (excluding diaryl/α,β-unsaturated/α-hetero) is 1. The van der Waals surface area contributed by atoms with Gasteiger partial charge in [0.15, 0.2) is 0 Å². The highest BCUT2D eigenvalue weighted by molar-refractivity contribution is 6.38. The van der Waals surface area contributed by atoms with Gasteiger partial charge in [-0.2, -0.15) is 0 Å². The number of rotatable bonds is 6. The van der Waals surface area contributed by atoms with Crippen molar-refractivity contribution in [2.24, 2.45) is 5.41 Å². The van der Waals surface area contributed by atoms with E-state index >= 15 is 0 Å². The average Bonchev–Trinajstić information content (AvgIpc) is 2.82. The maximum atomic E-state index is 13.3. The molecule has 178 valence electrons. The maximum absolute atomic E-state index is 13.3. The fraction of sp³-hybridized carbons (Fsp3) is 0.600. The van der Waals surface area contributed by atoms with Crippen molar-refractivity contribution in [1.82, 2.24) is 14.7 Å². The minimum atomic E-state index is -0.769. The topological polar surface area (TPSA) is 87.2 Å². The van der Waals surface area contributed by atoms with Gasteiger partial charge in [0.1, 0.15) is 18.3 Å². The quantitative estimate of drug-likeness (QED) is 0.613. The molecular formula is C25H33N3O5. The molecule has 0 saturated carbocycles. The SMILES string of the molecule is CCC(C)(C)C(=O)C(=O)N1C2CCCC1C1CN(Cc3ccc(OC)cc3)C(=O)CN1C2=O. The van der Waals surface area contributed by atoms with Gasteiger partial charge in [0.2, 0.25) is 17.6 Å². The highest BCUT2D eigenvalue weighted by atomic mass is 16.5. The number of hydrogen-bond donors (Lipinski definition) is 0. The summed E-state index contributed by atoms with van der Waals surface area (Å²) >= 11 is 0. The lowest BCUT2D eigenvalue weighted by Gasteiger charge is -2.56. The molecule has 0 N–H and O–H groups in total. The van der Waals surface area contributed by atoms with E-state index in [0.29, 0.717) is 25.9 Å². The highest BCUT2D eigenvalue weighted by Crippen LogP contribution is 2.37. The molecule has 1 aromatic carbocycles. The molecule has 3 unspecified atom stereocenters. The van der Waals surface area contributed by atoms with Gasteiger partial charge in [-0.05, 0) is 43.4 Å². The van der Waals surface area contributed by atoms with Crippen LogP contribution in [0.3, 0.4) is 0 Å². The summed E-state index contributed by atoms with van der Waals surface area (Å²) in [5.41, 5.74) is 0.197.